The van der Waals surface area contributed by atoms with Gasteiger partial charge in [0.2, 0.25) is 0 Å². The molecule has 3 N–H and O–H groups in total. The zero-order valence-corrected chi connectivity index (χ0v) is 16.4. The van der Waals surface area contributed by atoms with Crippen LogP contribution in [0.25, 0.3) is 0 Å². The molecule has 0 aliphatic heterocycles. The summed E-state index contributed by atoms with van der Waals surface area (Å²) in [5.41, 5.74) is 6.87. The van der Waals surface area contributed by atoms with E-state index in [9.17, 15) is 9.59 Å². The Morgan fingerprint density at radius 2 is 1.74 bits per heavy atom. The van der Waals surface area contributed by atoms with E-state index in [2.05, 4.69) is 16.2 Å². The van der Waals surface area contributed by atoms with Crippen molar-refractivity contribution < 1.29 is 14.3 Å². The number of hydrogen-bond acceptors (Lipinski definition) is 4. The first-order valence-corrected chi connectivity index (χ1v) is 9.05. The van der Waals surface area contributed by atoms with E-state index in [1.807, 2.05) is 26.8 Å². The Morgan fingerprint density at radius 3 is 2.37 bits per heavy atom. The van der Waals surface area contributed by atoms with Crippen LogP contribution in [0.1, 0.15) is 46.5 Å². The van der Waals surface area contributed by atoms with E-state index in [1.165, 1.54) is 0 Å². The van der Waals surface area contributed by atoms with Gasteiger partial charge in [-0.15, -0.1) is 0 Å². The molecule has 0 saturated carbocycles. The maximum Gasteiger partial charge on any atom is 0.269 e. The molecule has 0 fully saturated rings. The number of thiocarbonyl (C=S) groups is 1. The van der Waals surface area contributed by atoms with E-state index < -0.39 is 0 Å². The number of aryl methyl sites for hydroxylation is 1. The van der Waals surface area contributed by atoms with Crippen LogP contribution in [0.15, 0.2) is 48.5 Å². The zero-order chi connectivity index (χ0) is 19.8. The van der Waals surface area contributed by atoms with Gasteiger partial charge in [0.25, 0.3) is 11.8 Å². The first-order chi connectivity index (χ1) is 12.9. The normalized spacial score (nSPS) is 11.2. The summed E-state index contributed by atoms with van der Waals surface area (Å²) < 4.78 is 5.68. The van der Waals surface area contributed by atoms with Crippen LogP contribution in [-0.4, -0.2) is 23.0 Å². The van der Waals surface area contributed by atoms with Gasteiger partial charge in [-0.3, -0.25) is 25.8 Å². The van der Waals surface area contributed by atoms with Gasteiger partial charge in [-0.05, 0) is 68.9 Å². The molecule has 2 aromatic rings. The summed E-state index contributed by atoms with van der Waals surface area (Å²) in [6, 6.07) is 13.9. The van der Waals surface area contributed by atoms with Crippen molar-refractivity contribution in [3.63, 3.8) is 0 Å². The molecule has 142 valence electrons. The number of hydrazine groups is 1. The van der Waals surface area contributed by atoms with Crippen molar-refractivity contribution in [2.45, 2.75) is 33.3 Å². The van der Waals surface area contributed by atoms with Crippen LogP contribution in [0.5, 0.6) is 5.75 Å². The fourth-order valence-corrected chi connectivity index (χ4v) is 2.32. The lowest BCUT2D eigenvalue weighted by atomic mass is 10.1. The maximum atomic E-state index is 12.2. The van der Waals surface area contributed by atoms with E-state index in [1.54, 1.807) is 42.5 Å². The summed E-state index contributed by atoms with van der Waals surface area (Å²) in [7, 11) is 0. The van der Waals surface area contributed by atoms with E-state index in [0.717, 1.165) is 12.0 Å². The predicted molar refractivity (Wildman–Crippen MR) is 109 cm³/mol. The van der Waals surface area contributed by atoms with Gasteiger partial charge in [-0.2, -0.15) is 0 Å². The molecule has 2 amide bonds. The average Bonchev–Trinajstić information content (AvgIpc) is 2.66. The Bertz CT molecular complexity index is 821. The standard InChI is InChI=1S/C20H23N3O3S/c1-4-14(3)26-17-10-8-15(9-11-17)18(24)21-20(27)23-22-19(25)16-7-5-6-13(2)12-16/h5-12,14H,4H2,1-3H3,(H,22,25)(H2,21,23,24,27). The molecule has 0 radical (unpaired) electrons. The molecule has 0 aliphatic carbocycles. The molecule has 0 heterocycles. The molecule has 27 heavy (non-hydrogen) atoms. The van der Waals surface area contributed by atoms with Crippen LogP contribution in [0.2, 0.25) is 0 Å². The third-order valence-electron chi connectivity index (χ3n) is 3.83. The molecule has 2 rings (SSSR count). The number of amides is 2. The second-order valence-corrected chi connectivity index (χ2v) is 6.50. The summed E-state index contributed by atoms with van der Waals surface area (Å²) in [6.45, 7) is 5.92. The van der Waals surface area contributed by atoms with Crippen molar-refractivity contribution in [2.75, 3.05) is 0 Å². The van der Waals surface area contributed by atoms with Crippen molar-refractivity contribution in [2.24, 2.45) is 0 Å². The third-order valence-corrected chi connectivity index (χ3v) is 4.03. The highest BCUT2D eigenvalue weighted by Gasteiger charge is 2.10. The van der Waals surface area contributed by atoms with Gasteiger partial charge in [0.05, 0.1) is 6.10 Å². The van der Waals surface area contributed by atoms with Crippen molar-refractivity contribution in [3.8, 4) is 5.75 Å². The van der Waals surface area contributed by atoms with Gasteiger partial charge in [-0.1, -0.05) is 24.6 Å². The molecule has 2 aromatic carbocycles. The quantitative estimate of drug-likeness (QED) is 0.544. The Hall–Kier alpha value is -2.93. The second kappa shape index (κ2) is 9.68. The van der Waals surface area contributed by atoms with Crippen LogP contribution in [-0.2, 0) is 0 Å². The van der Waals surface area contributed by atoms with Crippen molar-refractivity contribution >= 4 is 29.1 Å². The van der Waals surface area contributed by atoms with Gasteiger partial charge >= 0.3 is 0 Å². The van der Waals surface area contributed by atoms with E-state index >= 15 is 0 Å². The highest BCUT2D eigenvalue weighted by Crippen LogP contribution is 2.14. The SMILES string of the molecule is CCC(C)Oc1ccc(C(=O)NC(=S)NNC(=O)c2cccc(C)c2)cc1. The van der Waals surface area contributed by atoms with Crippen molar-refractivity contribution in [1.29, 1.82) is 0 Å². The summed E-state index contributed by atoms with van der Waals surface area (Å²) in [5, 5.41) is 2.51. The van der Waals surface area contributed by atoms with Crippen LogP contribution in [0, 0.1) is 6.92 Å². The Balaban J connectivity index is 1.84. The fraction of sp³-hybridized carbons (Fsp3) is 0.250. The van der Waals surface area contributed by atoms with E-state index in [-0.39, 0.29) is 23.0 Å². The minimum Gasteiger partial charge on any atom is -0.491 e. The molecule has 0 spiro atoms. The Labute approximate surface area is 164 Å². The Kier molecular flexibility index (Phi) is 7.31. The summed E-state index contributed by atoms with van der Waals surface area (Å²) >= 11 is 5.04. The fourth-order valence-electron chi connectivity index (χ4n) is 2.18. The number of ether oxygens (including phenoxy) is 1. The first-order valence-electron chi connectivity index (χ1n) is 8.64. The highest BCUT2D eigenvalue weighted by atomic mass is 32.1. The number of rotatable bonds is 5. The first kappa shape index (κ1) is 20.4. The number of carbonyl (C=O) groups is 2. The molecule has 1 atom stereocenters. The maximum absolute atomic E-state index is 12.2. The second-order valence-electron chi connectivity index (χ2n) is 6.09. The van der Waals surface area contributed by atoms with Crippen LogP contribution in [0.4, 0.5) is 0 Å². The largest absolute Gasteiger partial charge is 0.491 e. The van der Waals surface area contributed by atoms with Gasteiger partial charge in [0.15, 0.2) is 5.11 Å². The van der Waals surface area contributed by atoms with E-state index in [4.69, 9.17) is 17.0 Å². The molecule has 6 nitrogen and oxygen atoms in total. The lowest BCUT2D eigenvalue weighted by Gasteiger charge is -2.13. The zero-order valence-electron chi connectivity index (χ0n) is 15.5. The number of hydrogen-bond donors (Lipinski definition) is 3. The van der Waals surface area contributed by atoms with Crippen molar-refractivity contribution in [1.82, 2.24) is 16.2 Å². The summed E-state index contributed by atoms with van der Waals surface area (Å²) in [5.74, 6) is -0.0266. The molecular weight excluding hydrogens is 362 g/mol. The topological polar surface area (TPSA) is 79.5 Å². The molecule has 7 heteroatoms. The van der Waals surface area contributed by atoms with E-state index in [0.29, 0.717) is 16.9 Å². The number of benzene rings is 2. The molecule has 0 aliphatic rings. The van der Waals surface area contributed by atoms with Gasteiger partial charge in [0, 0.05) is 11.1 Å². The lowest BCUT2D eigenvalue weighted by molar-refractivity contribution is 0.0934. The van der Waals surface area contributed by atoms with Crippen LogP contribution < -0.4 is 20.9 Å². The minimum atomic E-state index is -0.382. The molecule has 1 unspecified atom stereocenters. The smallest absolute Gasteiger partial charge is 0.269 e. The Morgan fingerprint density at radius 1 is 1.04 bits per heavy atom. The minimum absolute atomic E-state index is 0.000866. The number of carbonyl (C=O) groups excluding carboxylic acids is 2. The van der Waals surface area contributed by atoms with Gasteiger partial charge in [-0.25, -0.2) is 0 Å². The summed E-state index contributed by atoms with van der Waals surface area (Å²) in [6.07, 6.45) is 1.01. The highest BCUT2D eigenvalue weighted by molar-refractivity contribution is 7.80. The van der Waals surface area contributed by atoms with Crippen LogP contribution >= 0.6 is 12.2 Å². The number of nitrogens with one attached hydrogen (secondary N) is 3. The summed E-state index contributed by atoms with van der Waals surface area (Å²) in [4.78, 5) is 24.3. The molecule has 0 bridgehead atoms. The lowest BCUT2D eigenvalue weighted by Crippen LogP contribution is -2.48. The monoisotopic (exact) mass is 385 g/mol. The van der Waals surface area contributed by atoms with Crippen LogP contribution in [0.3, 0.4) is 0 Å². The molecular formula is C20H23N3O3S. The van der Waals surface area contributed by atoms with Gasteiger partial charge in [0.1, 0.15) is 5.75 Å². The molecule has 0 aromatic heterocycles. The predicted octanol–water partition coefficient (Wildman–Crippen LogP) is 3.12. The van der Waals surface area contributed by atoms with Gasteiger partial charge < -0.3 is 4.74 Å². The third kappa shape index (κ3) is 6.38. The molecule has 0 saturated heterocycles. The average molecular weight is 385 g/mol. The van der Waals surface area contributed by atoms with Crippen molar-refractivity contribution in [3.05, 3.63) is 65.2 Å².